The van der Waals surface area contributed by atoms with Gasteiger partial charge in [0.15, 0.2) is 0 Å². The number of hydrogen-bond acceptors (Lipinski definition) is 5. The van der Waals surface area contributed by atoms with Crippen LogP contribution in [0.5, 0.6) is 0 Å². The van der Waals surface area contributed by atoms with Gasteiger partial charge in [-0.15, -0.1) is 0 Å². The molecular formula is C11H16N6. The van der Waals surface area contributed by atoms with E-state index in [1.54, 1.807) is 12.4 Å². The van der Waals surface area contributed by atoms with E-state index in [4.69, 9.17) is 5.84 Å². The average Bonchev–Trinajstić information content (AvgIpc) is 2.58. The highest BCUT2D eigenvalue weighted by atomic mass is 15.3. The van der Waals surface area contributed by atoms with E-state index >= 15 is 0 Å². The first-order chi connectivity index (χ1) is 8.15. The molecule has 6 heteroatoms. The maximum absolute atomic E-state index is 5.64. The Bertz CT molecular complexity index is 504. The van der Waals surface area contributed by atoms with Crippen molar-refractivity contribution >= 4 is 0 Å². The zero-order chi connectivity index (χ0) is 12.4. The number of aromatic nitrogens is 4. The molecule has 2 aromatic rings. The molecule has 0 aromatic carbocycles. The van der Waals surface area contributed by atoms with Crippen molar-refractivity contribution < 1.29 is 0 Å². The predicted molar refractivity (Wildman–Crippen MR) is 63.9 cm³/mol. The van der Waals surface area contributed by atoms with Crippen LogP contribution in [0.2, 0.25) is 0 Å². The Morgan fingerprint density at radius 1 is 1.29 bits per heavy atom. The lowest BCUT2D eigenvalue weighted by Crippen LogP contribution is -2.29. The van der Waals surface area contributed by atoms with Crippen molar-refractivity contribution in [1.29, 1.82) is 0 Å². The maximum Gasteiger partial charge on any atom is 0.115 e. The summed E-state index contributed by atoms with van der Waals surface area (Å²) in [6, 6.07) is -0.134. The summed E-state index contributed by atoms with van der Waals surface area (Å²) < 4.78 is 1.85. The highest BCUT2D eigenvalue weighted by Crippen LogP contribution is 2.25. The van der Waals surface area contributed by atoms with Crippen LogP contribution in [0.4, 0.5) is 0 Å². The second-order valence-corrected chi connectivity index (χ2v) is 3.98. The molecule has 1 atom stereocenters. The molecule has 0 aliphatic heterocycles. The lowest BCUT2D eigenvalue weighted by Gasteiger charge is -2.16. The van der Waals surface area contributed by atoms with E-state index in [1.807, 2.05) is 25.6 Å². The number of nitrogens with one attached hydrogen (secondary N) is 1. The van der Waals surface area contributed by atoms with E-state index in [9.17, 15) is 0 Å². The quantitative estimate of drug-likeness (QED) is 0.590. The third kappa shape index (κ3) is 2.04. The summed E-state index contributed by atoms with van der Waals surface area (Å²) in [5.41, 5.74) is 6.83. The molecule has 2 heterocycles. The summed E-state index contributed by atoms with van der Waals surface area (Å²) >= 11 is 0. The molecule has 6 nitrogen and oxygen atoms in total. The van der Waals surface area contributed by atoms with Crippen LogP contribution in [-0.4, -0.2) is 19.7 Å². The molecule has 2 rings (SSSR count). The minimum atomic E-state index is -0.134. The van der Waals surface area contributed by atoms with Gasteiger partial charge in [0.05, 0.1) is 11.7 Å². The number of hydrogen-bond donors (Lipinski definition) is 2. The number of aryl methyl sites for hydroxylation is 2. The van der Waals surface area contributed by atoms with Gasteiger partial charge in [-0.05, 0) is 13.8 Å². The molecule has 2 aromatic heterocycles. The van der Waals surface area contributed by atoms with Gasteiger partial charge in [0.2, 0.25) is 0 Å². The number of rotatable bonds is 3. The first-order valence-corrected chi connectivity index (χ1v) is 5.36. The van der Waals surface area contributed by atoms with Crippen LogP contribution in [-0.2, 0) is 7.05 Å². The summed E-state index contributed by atoms with van der Waals surface area (Å²) in [7, 11) is 1.92. The molecule has 90 valence electrons. The summed E-state index contributed by atoms with van der Waals surface area (Å²) in [5, 5.41) is 4.39. The lowest BCUT2D eigenvalue weighted by atomic mass is 10.00. The van der Waals surface area contributed by atoms with E-state index in [-0.39, 0.29) is 6.04 Å². The largest absolute Gasteiger partial charge is 0.272 e. The fourth-order valence-corrected chi connectivity index (χ4v) is 2.01. The first kappa shape index (κ1) is 11.7. The van der Waals surface area contributed by atoms with Crippen LogP contribution in [0.3, 0.4) is 0 Å². The molecule has 0 spiro atoms. The van der Waals surface area contributed by atoms with Crippen molar-refractivity contribution in [2.24, 2.45) is 12.9 Å². The van der Waals surface area contributed by atoms with E-state index < -0.39 is 0 Å². The maximum atomic E-state index is 5.64. The van der Waals surface area contributed by atoms with Crippen molar-refractivity contribution in [2.75, 3.05) is 0 Å². The molecule has 0 bridgehead atoms. The average molecular weight is 232 g/mol. The van der Waals surface area contributed by atoms with Crippen LogP contribution < -0.4 is 11.3 Å². The number of nitrogens with two attached hydrogens (primary N) is 1. The number of nitrogens with zero attached hydrogens (tertiary/aromatic N) is 4. The monoisotopic (exact) mass is 232 g/mol. The zero-order valence-corrected chi connectivity index (χ0v) is 10.2. The summed E-state index contributed by atoms with van der Waals surface area (Å²) in [4.78, 5) is 8.02. The lowest BCUT2D eigenvalue weighted by molar-refractivity contribution is 0.623. The van der Waals surface area contributed by atoms with Gasteiger partial charge in [0.25, 0.3) is 0 Å². The molecule has 0 amide bonds. The second kappa shape index (κ2) is 4.60. The Labute approximate surface area is 99.9 Å². The van der Waals surface area contributed by atoms with Gasteiger partial charge < -0.3 is 0 Å². The Hall–Kier alpha value is -1.79. The summed E-state index contributed by atoms with van der Waals surface area (Å²) in [6.45, 7) is 3.99. The number of hydrazine groups is 1. The predicted octanol–water partition coefficient (Wildman–Crippen LogP) is 0.380. The van der Waals surface area contributed by atoms with Gasteiger partial charge in [0.1, 0.15) is 6.33 Å². The molecule has 0 fully saturated rings. The van der Waals surface area contributed by atoms with Gasteiger partial charge in [-0.3, -0.25) is 10.5 Å². The van der Waals surface area contributed by atoms with Gasteiger partial charge in [-0.2, -0.15) is 5.10 Å². The fraction of sp³-hybridized carbons (Fsp3) is 0.364. The van der Waals surface area contributed by atoms with Crippen molar-refractivity contribution in [2.45, 2.75) is 19.9 Å². The van der Waals surface area contributed by atoms with E-state index in [2.05, 4.69) is 20.5 Å². The van der Waals surface area contributed by atoms with Crippen molar-refractivity contribution in [3.8, 4) is 0 Å². The Kier molecular flexibility index (Phi) is 3.16. The summed E-state index contributed by atoms with van der Waals surface area (Å²) in [5.74, 6) is 5.64. The Balaban J connectivity index is 2.50. The molecule has 0 aliphatic carbocycles. The van der Waals surface area contributed by atoms with Crippen LogP contribution in [0.1, 0.15) is 28.6 Å². The molecule has 3 N–H and O–H groups in total. The van der Waals surface area contributed by atoms with Crippen LogP contribution in [0.25, 0.3) is 0 Å². The minimum absolute atomic E-state index is 0.134. The molecule has 0 saturated heterocycles. The highest BCUT2D eigenvalue weighted by molar-refractivity contribution is 5.35. The smallest absolute Gasteiger partial charge is 0.115 e. The van der Waals surface area contributed by atoms with E-state index in [0.717, 1.165) is 22.5 Å². The van der Waals surface area contributed by atoms with E-state index in [1.165, 1.54) is 6.33 Å². The van der Waals surface area contributed by atoms with Crippen LogP contribution in [0.15, 0.2) is 18.7 Å². The minimum Gasteiger partial charge on any atom is -0.272 e. The summed E-state index contributed by atoms with van der Waals surface area (Å²) in [6.07, 6.45) is 5.01. The zero-order valence-electron chi connectivity index (χ0n) is 10.2. The van der Waals surface area contributed by atoms with Crippen molar-refractivity contribution in [3.63, 3.8) is 0 Å². The third-order valence-electron chi connectivity index (χ3n) is 2.93. The molecular weight excluding hydrogens is 216 g/mol. The van der Waals surface area contributed by atoms with Crippen LogP contribution in [0, 0.1) is 13.8 Å². The fourth-order valence-electron chi connectivity index (χ4n) is 2.01. The first-order valence-electron chi connectivity index (χ1n) is 5.36. The van der Waals surface area contributed by atoms with Gasteiger partial charge >= 0.3 is 0 Å². The van der Waals surface area contributed by atoms with Gasteiger partial charge in [0, 0.05) is 36.3 Å². The van der Waals surface area contributed by atoms with Crippen molar-refractivity contribution in [3.05, 3.63) is 41.2 Å². The highest BCUT2D eigenvalue weighted by Gasteiger charge is 2.21. The SMILES string of the molecule is Cc1nn(C)c(C)c1C(NN)c1cncnc1. The second-order valence-electron chi connectivity index (χ2n) is 3.98. The molecule has 0 saturated carbocycles. The molecule has 1 unspecified atom stereocenters. The Morgan fingerprint density at radius 2 is 1.94 bits per heavy atom. The van der Waals surface area contributed by atoms with Crippen LogP contribution >= 0.6 is 0 Å². The van der Waals surface area contributed by atoms with E-state index in [0.29, 0.717) is 0 Å². The topological polar surface area (TPSA) is 81.7 Å². The molecule has 17 heavy (non-hydrogen) atoms. The third-order valence-corrected chi connectivity index (χ3v) is 2.93. The standard InChI is InChI=1S/C11H16N6/c1-7-10(8(2)17(3)16-7)11(15-12)9-4-13-6-14-5-9/h4-6,11,15H,12H2,1-3H3. The van der Waals surface area contributed by atoms with Gasteiger partial charge in [-0.1, -0.05) is 0 Å². The normalized spacial score (nSPS) is 12.7. The molecule has 0 aliphatic rings. The molecule has 0 radical (unpaired) electrons. The van der Waals surface area contributed by atoms with Crippen molar-refractivity contribution in [1.82, 2.24) is 25.2 Å². The van der Waals surface area contributed by atoms with Gasteiger partial charge in [-0.25, -0.2) is 15.4 Å². The Morgan fingerprint density at radius 3 is 2.41 bits per heavy atom.